The summed E-state index contributed by atoms with van der Waals surface area (Å²) in [5.41, 5.74) is 4.92. The van der Waals surface area contributed by atoms with E-state index in [0.717, 1.165) is 31.3 Å². The molecule has 9 atom stereocenters. The normalized spacial score (nSPS) is 39.3. The summed E-state index contributed by atoms with van der Waals surface area (Å²) >= 11 is 0. The quantitative estimate of drug-likeness (QED) is 0.236. The van der Waals surface area contributed by atoms with Crippen LogP contribution in [0.2, 0.25) is 0 Å². The van der Waals surface area contributed by atoms with Crippen molar-refractivity contribution in [1.29, 1.82) is 0 Å². The molecule has 4 saturated carbocycles. The number of nitrogens with zero attached hydrogens (tertiary/aromatic N) is 2. The molecular formula is C44H67N3O6S2. The maximum Gasteiger partial charge on any atom is 0.335 e. The number of sulfonamides is 1. The molecule has 0 bridgehead atoms. The lowest BCUT2D eigenvalue weighted by Gasteiger charge is -2.72. The number of benzene rings is 1. The fraction of sp³-hybridized carbons (Fsp3) is 0.750. The van der Waals surface area contributed by atoms with Crippen molar-refractivity contribution in [2.24, 2.45) is 51.2 Å². The molecule has 306 valence electrons. The van der Waals surface area contributed by atoms with Gasteiger partial charge in [-0.25, -0.2) is 21.6 Å². The van der Waals surface area contributed by atoms with Crippen LogP contribution in [-0.4, -0.2) is 93.3 Å². The van der Waals surface area contributed by atoms with Gasteiger partial charge >= 0.3 is 5.97 Å². The molecule has 6 aliphatic rings. The van der Waals surface area contributed by atoms with Crippen molar-refractivity contribution < 1.29 is 26.7 Å². The van der Waals surface area contributed by atoms with Crippen molar-refractivity contribution in [2.75, 3.05) is 50.6 Å². The van der Waals surface area contributed by atoms with Crippen molar-refractivity contribution in [1.82, 2.24) is 14.5 Å². The van der Waals surface area contributed by atoms with Crippen LogP contribution in [0.5, 0.6) is 0 Å². The molecule has 9 unspecified atom stereocenters. The summed E-state index contributed by atoms with van der Waals surface area (Å²) in [4.78, 5) is 13.9. The minimum absolute atomic E-state index is 0.0178. The molecule has 2 N–H and O–H groups in total. The third kappa shape index (κ3) is 6.81. The Labute approximate surface area is 331 Å². The van der Waals surface area contributed by atoms with Gasteiger partial charge in [-0.15, -0.1) is 0 Å². The first-order valence-electron chi connectivity index (χ1n) is 20.9. The molecule has 1 heterocycles. The van der Waals surface area contributed by atoms with E-state index in [2.05, 4.69) is 64.4 Å². The predicted octanol–water partition coefficient (Wildman–Crippen LogP) is 7.33. The van der Waals surface area contributed by atoms with E-state index in [1.54, 1.807) is 12.1 Å². The van der Waals surface area contributed by atoms with Crippen LogP contribution in [0.3, 0.4) is 0 Å². The van der Waals surface area contributed by atoms with Gasteiger partial charge in [0, 0.05) is 51.1 Å². The van der Waals surface area contributed by atoms with Crippen LogP contribution in [-0.2, 0) is 19.9 Å². The van der Waals surface area contributed by atoms with Crippen LogP contribution in [0.1, 0.15) is 115 Å². The third-order valence-electron chi connectivity index (χ3n) is 17.1. The number of piperazine rings is 1. The number of carboxylic acids is 1. The first-order valence-corrected chi connectivity index (χ1v) is 24.6. The molecule has 9 nitrogen and oxygen atoms in total. The molecule has 0 radical (unpaired) electrons. The van der Waals surface area contributed by atoms with Gasteiger partial charge in [0.1, 0.15) is 0 Å². The van der Waals surface area contributed by atoms with Gasteiger partial charge in [-0.1, -0.05) is 65.0 Å². The summed E-state index contributed by atoms with van der Waals surface area (Å²) in [6.45, 7) is 23.3. The number of hydrogen-bond donors (Lipinski definition) is 2. The zero-order valence-corrected chi connectivity index (χ0v) is 36.1. The fourth-order valence-electron chi connectivity index (χ4n) is 14.4. The summed E-state index contributed by atoms with van der Waals surface area (Å²) in [5.74, 6) is 1.99. The Morgan fingerprint density at radius 2 is 1.55 bits per heavy atom. The SMILES string of the molecule is C=C(C)C1CCC2(NCCN3CCN(S(=O)(=O)CS(C)(=O)=O)CC3)CCC3(C)C(CCC4C5(C)CC=C(c6ccc(C(=O)O)cc6)C(C)(C)C5CCC43C)C12. The number of hydrogen-bond acceptors (Lipinski definition) is 7. The van der Waals surface area contributed by atoms with Crippen LogP contribution in [0.4, 0.5) is 0 Å². The Hall–Kier alpha value is -2.05. The summed E-state index contributed by atoms with van der Waals surface area (Å²) in [5, 5.41) is 12.9. The second kappa shape index (κ2) is 14.1. The molecule has 1 aromatic rings. The van der Waals surface area contributed by atoms with Gasteiger partial charge in [-0.2, -0.15) is 4.31 Å². The molecule has 11 heteroatoms. The van der Waals surface area contributed by atoms with E-state index in [0.29, 0.717) is 61.3 Å². The van der Waals surface area contributed by atoms with Gasteiger partial charge in [-0.3, -0.25) is 4.90 Å². The number of sulfone groups is 1. The van der Waals surface area contributed by atoms with E-state index >= 15 is 0 Å². The Morgan fingerprint density at radius 3 is 2.16 bits per heavy atom. The Balaban J connectivity index is 1.08. The van der Waals surface area contributed by atoms with Crippen molar-refractivity contribution >= 4 is 31.4 Å². The van der Waals surface area contributed by atoms with E-state index in [4.69, 9.17) is 0 Å². The molecule has 55 heavy (non-hydrogen) atoms. The molecule has 1 aromatic carbocycles. The summed E-state index contributed by atoms with van der Waals surface area (Å²) in [6, 6.07) is 7.53. The number of allylic oxidation sites excluding steroid dienone is 3. The van der Waals surface area contributed by atoms with Gasteiger partial charge < -0.3 is 10.4 Å². The number of aromatic carboxylic acids is 1. The summed E-state index contributed by atoms with van der Waals surface area (Å²) in [7, 11) is -7.44. The second-order valence-electron chi connectivity index (χ2n) is 20.1. The zero-order valence-electron chi connectivity index (χ0n) is 34.5. The van der Waals surface area contributed by atoms with E-state index in [1.165, 1.54) is 66.8 Å². The number of carboxylic acid groups (broad SMARTS) is 1. The highest BCUT2D eigenvalue weighted by atomic mass is 32.3. The average molecular weight is 798 g/mol. The molecule has 0 amide bonds. The van der Waals surface area contributed by atoms with E-state index < -0.39 is 30.9 Å². The highest BCUT2D eigenvalue weighted by Gasteiger charge is 2.70. The van der Waals surface area contributed by atoms with E-state index in [1.807, 2.05) is 12.1 Å². The van der Waals surface area contributed by atoms with Crippen molar-refractivity contribution in [2.45, 2.75) is 105 Å². The number of carbonyl (C=O) groups is 1. The Kier molecular flexibility index (Phi) is 10.5. The summed E-state index contributed by atoms with van der Waals surface area (Å²) in [6.07, 6.45) is 14.3. The van der Waals surface area contributed by atoms with Gasteiger partial charge in [0.05, 0.1) is 5.56 Å². The standard InChI is InChI=1S/C44H67N3O6S2/c1-30(2)33-15-20-44(45-23-24-46-25-27-47(28-26-46)55(52,53)29-54(8,50)51)22-21-42(6)35(38(33)44)13-14-37-41(5)18-16-34(31-9-11-32(12-10-31)39(48)49)40(3,4)36(41)17-19-43(37,42)7/h9-12,16,33,35-38,45H,1,13-15,17-29H2,2-8H3,(H,48,49). The number of fused-ring (bicyclic) bond motifs is 7. The van der Waals surface area contributed by atoms with Crippen LogP contribution in [0.15, 0.2) is 42.5 Å². The van der Waals surface area contributed by atoms with Crippen LogP contribution in [0.25, 0.3) is 5.57 Å². The predicted molar refractivity (Wildman–Crippen MR) is 221 cm³/mol. The molecule has 1 saturated heterocycles. The maximum absolute atomic E-state index is 12.7. The molecule has 5 fully saturated rings. The lowest BCUT2D eigenvalue weighted by molar-refractivity contribution is -0.219. The van der Waals surface area contributed by atoms with Crippen LogP contribution < -0.4 is 5.32 Å². The van der Waals surface area contributed by atoms with Crippen LogP contribution in [0, 0.1) is 51.2 Å². The topological polar surface area (TPSA) is 124 Å². The van der Waals surface area contributed by atoms with Gasteiger partial charge in [0.15, 0.2) is 14.9 Å². The fourth-order valence-corrected chi connectivity index (χ4v) is 17.9. The second-order valence-corrected chi connectivity index (χ2v) is 24.6. The highest BCUT2D eigenvalue weighted by molar-refractivity contribution is 8.06. The molecule has 1 aliphatic heterocycles. The minimum Gasteiger partial charge on any atom is -0.478 e. The van der Waals surface area contributed by atoms with Crippen molar-refractivity contribution in [3.63, 3.8) is 0 Å². The maximum atomic E-state index is 12.7. The molecular weight excluding hydrogens is 731 g/mol. The monoisotopic (exact) mass is 797 g/mol. The lowest BCUT2D eigenvalue weighted by Crippen LogP contribution is -2.68. The Morgan fingerprint density at radius 1 is 0.873 bits per heavy atom. The van der Waals surface area contributed by atoms with E-state index in [9.17, 15) is 26.7 Å². The van der Waals surface area contributed by atoms with Crippen molar-refractivity contribution in [3.05, 3.63) is 53.6 Å². The summed E-state index contributed by atoms with van der Waals surface area (Å²) < 4.78 is 50.2. The molecule has 7 rings (SSSR count). The molecule has 5 aliphatic carbocycles. The molecule has 0 spiro atoms. The average Bonchev–Trinajstić information content (AvgIpc) is 3.48. The van der Waals surface area contributed by atoms with Gasteiger partial charge in [0.2, 0.25) is 10.0 Å². The number of rotatable bonds is 10. The number of nitrogens with one attached hydrogen (secondary N) is 1. The first kappa shape index (κ1) is 41.1. The smallest absolute Gasteiger partial charge is 0.335 e. The minimum atomic E-state index is -3.82. The highest BCUT2D eigenvalue weighted by Crippen LogP contribution is 2.76. The first-order chi connectivity index (χ1) is 25.6. The largest absolute Gasteiger partial charge is 0.478 e. The lowest BCUT2D eigenvalue weighted by atomic mass is 9.33. The van der Waals surface area contributed by atoms with E-state index in [-0.39, 0.29) is 27.2 Å². The molecule has 0 aromatic heterocycles. The Bertz CT molecular complexity index is 1940. The van der Waals surface area contributed by atoms with Crippen LogP contribution >= 0.6 is 0 Å². The van der Waals surface area contributed by atoms with Gasteiger partial charge in [-0.05, 0) is 139 Å². The third-order valence-corrected chi connectivity index (χ3v) is 21.1. The van der Waals surface area contributed by atoms with Gasteiger partial charge in [0.25, 0.3) is 0 Å². The van der Waals surface area contributed by atoms with Crippen molar-refractivity contribution in [3.8, 4) is 0 Å². The zero-order chi connectivity index (χ0) is 40.0.